The molecule has 130 valence electrons. The molecule has 1 heterocycles. The Morgan fingerprint density at radius 2 is 1.81 bits per heavy atom. The quantitative estimate of drug-likeness (QED) is 0.755. The largest absolute Gasteiger partial charge is 0.368 e. The lowest BCUT2D eigenvalue weighted by Crippen LogP contribution is -2.23. The number of rotatable bonds is 2. The van der Waals surface area contributed by atoms with Gasteiger partial charge in [-0.3, -0.25) is 4.79 Å². The van der Waals surface area contributed by atoms with Gasteiger partial charge in [-0.2, -0.15) is 0 Å². The summed E-state index contributed by atoms with van der Waals surface area (Å²) in [5, 5.41) is 0. The average Bonchev–Trinajstić information content (AvgIpc) is 2.60. The Labute approximate surface area is 153 Å². The Morgan fingerprint density at radius 1 is 1.00 bits per heavy atom. The number of aromatic nitrogens is 2. The number of anilines is 1. The smallest absolute Gasteiger partial charge is 0.220 e. The number of nitrogen functional groups attached to an aromatic ring is 1. The lowest BCUT2D eigenvalue weighted by molar-refractivity contribution is 0.0962. The molecule has 0 fully saturated rings. The monoisotopic (exact) mass is 343 g/mol. The maximum Gasteiger partial charge on any atom is 0.220 e. The van der Waals surface area contributed by atoms with Gasteiger partial charge < -0.3 is 5.73 Å². The van der Waals surface area contributed by atoms with Gasteiger partial charge in [0, 0.05) is 6.42 Å². The summed E-state index contributed by atoms with van der Waals surface area (Å²) in [6, 6.07) is 16.8. The van der Waals surface area contributed by atoms with E-state index in [4.69, 9.17) is 5.73 Å². The molecule has 4 heteroatoms. The fourth-order valence-corrected chi connectivity index (χ4v) is 3.95. The van der Waals surface area contributed by atoms with Crippen LogP contribution in [0.1, 0.15) is 45.2 Å². The summed E-state index contributed by atoms with van der Waals surface area (Å²) in [5.41, 5.74) is 12.7. The van der Waals surface area contributed by atoms with Crippen molar-refractivity contribution in [3.63, 3.8) is 0 Å². The zero-order valence-electron chi connectivity index (χ0n) is 15.0. The second-order valence-corrected chi connectivity index (χ2v) is 6.97. The number of aryl methyl sites for hydroxylation is 2. The molecule has 0 amide bonds. The van der Waals surface area contributed by atoms with Crippen LogP contribution in [-0.2, 0) is 6.42 Å². The Kier molecular flexibility index (Phi) is 4.03. The summed E-state index contributed by atoms with van der Waals surface area (Å²) in [7, 11) is 0. The highest BCUT2D eigenvalue weighted by Crippen LogP contribution is 2.38. The normalized spacial score (nSPS) is 16.4. The van der Waals surface area contributed by atoms with Crippen molar-refractivity contribution < 1.29 is 4.79 Å². The molecule has 0 spiro atoms. The van der Waals surface area contributed by atoms with Crippen LogP contribution in [0.25, 0.3) is 11.1 Å². The van der Waals surface area contributed by atoms with Crippen LogP contribution >= 0.6 is 0 Å². The molecule has 4 rings (SSSR count). The van der Waals surface area contributed by atoms with E-state index in [1.54, 1.807) is 0 Å². The van der Waals surface area contributed by atoms with E-state index in [0.717, 1.165) is 5.69 Å². The van der Waals surface area contributed by atoms with E-state index in [9.17, 15) is 4.79 Å². The van der Waals surface area contributed by atoms with Crippen LogP contribution < -0.4 is 5.73 Å². The zero-order chi connectivity index (χ0) is 18.3. The molecular formula is C22H21N3O. The fraction of sp³-hybridized carbons (Fsp3) is 0.227. The van der Waals surface area contributed by atoms with E-state index in [1.165, 1.54) is 22.3 Å². The minimum atomic E-state index is 0.0976. The summed E-state index contributed by atoms with van der Waals surface area (Å²) < 4.78 is 0. The molecule has 1 atom stereocenters. The van der Waals surface area contributed by atoms with Crippen LogP contribution in [0, 0.1) is 13.8 Å². The molecule has 1 aromatic heterocycles. The highest BCUT2D eigenvalue weighted by atomic mass is 16.1. The molecule has 0 aliphatic heterocycles. The predicted molar refractivity (Wildman–Crippen MR) is 103 cm³/mol. The van der Waals surface area contributed by atoms with Gasteiger partial charge in [0.2, 0.25) is 5.95 Å². The van der Waals surface area contributed by atoms with Crippen molar-refractivity contribution in [3.8, 4) is 11.1 Å². The van der Waals surface area contributed by atoms with Crippen LogP contribution in [0.15, 0.2) is 48.5 Å². The van der Waals surface area contributed by atoms with E-state index in [0.29, 0.717) is 24.1 Å². The molecule has 1 aliphatic rings. The minimum absolute atomic E-state index is 0.0976. The summed E-state index contributed by atoms with van der Waals surface area (Å²) in [6.45, 7) is 3.92. The minimum Gasteiger partial charge on any atom is -0.368 e. The molecular weight excluding hydrogens is 322 g/mol. The van der Waals surface area contributed by atoms with Crippen molar-refractivity contribution in [2.24, 2.45) is 0 Å². The average molecular weight is 343 g/mol. The third kappa shape index (κ3) is 2.88. The first-order chi connectivity index (χ1) is 12.5. The number of benzene rings is 2. The van der Waals surface area contributed by atoms with Crippen molar-refractivity contribution >= 4 is 11.7 Å². The molecule has 0 saturated heterocycles. The molecule has 0 saturated carbocycles. The van der Waals surface area contributed by atoms with E-state index in [-0.39, 0.29) is 17.6 Å². The van der Waals surface area contributed by atoms with Gasteiger partial charge in [-0.15, -0.1) is 0 Å². The SMILES string of the molecule is Cc1cccc(-c2ccccc2C2CC(=O)c3c(C)nc(N)nc3C2)c1. The van der Waals surface area contributed by atoms with Gasteiger partial charge in [-0.05, 0) is 42.9 Å². The Bertz CT molecular complexity index is 1010. The van der Waals surface area contributed by atoms with Crippen LogP contribution in [0.5, 0.6) is 0 Å². The van der Waals surface area contributed by atoms with Gasteiger partial charge in [-0.1, -0.05) is 54.1 Å². The predicted octanol–water partition coefficient (Wildman–Crippen LogP) is 4.26. The second kappa shape index (κ2) is 6.37. The van der Waals surface area contributed by atoms with Crippen molar-refractivity contribution in [2.75, 3.05) is 5.73 Å². The molecule has 2 N–H and O–H groups in total. The molecule has 0 bridgehead atoms. The molecule has 3 aromatic rings. The van der Waals surface area contributed by atoms with Crippen molar-refractivity contribution in [3.05, 3.63) is 76.6 Å². The Hall–Kier alpha value is -3.01. The lowest BCUT2D eigenvalue weighted by Gasteiger charge is -2.26. The van der Waals surface area contributed by atoms with E-state index >= 15 is 0 Å². The number of nitrogens with two attached hydrogens (primary N) is 1. The number of hydrogen-bond acceptors (Lipinski definition) is 4. The highest BCUT2D eigenvalue weighted by Gasteiger charge is 2.30. The van der Waals surface area contributed by atoms with Crippen molar-refractivity contribution in [1.82, 2.24) is 9.97 Å². The topological polar surface area (TPSA) is 68.9 Å². The van der Waals surface area contributed by atoms with E-state index < -0.39 is 0 Å². The number of hydrogen-bond donors (Lipinski definition) is 1. The van der Waals surface area contributed by atoms with Gasteiger partial charge in [0.05, 0.1) is 17.0 Å². The first kappa shape index (κ1) is 16.5. The van der Waals surface area contributed by atoms with Gasteiger partial charge >= 0.3 is 0 Å². The number of fused-ring (bicyclic) bond motifs is 1. The van der Waals surface area contributed by atoms with Gasteiger partial charge in [0.1, 0.15) is 0 Å². The summed E-state index contributed by atoms with van der Waals surface area (Å²) in [4.78, 5) is 21.3. The summed E-state index contributed by atoms with van der Waals surface area (Å²) in [6.07, 6.45) is 1.18. The first-order valence-electron chi connectivity index (χ1n) is 8.85. The molecule has 26 heavy (non-hydrogen) atoms. The Morgan fingerprint density at radius 3 is 2.62 bits per heavy atom. The zero-order valence-corrected chi connectivity index (χ0v) is 15.0. The van der Waals surface area contributed by atoms with Gasteiger partial charge in [-0.25, -0.2) is 9.97 Å². The first-order valence-corrected chi connectivity index (χ1v) is 8.85. The summed E-state index contributed by atoms with van der Waals surface area (Å²) in [5.74, 6) is 0.440. The third-order valence-corrected chi connectivity index (χ3v) is 5.06. The van der Waals surface area contributed by atoms with E-state index in [2.05, 4.69) is 53.3 Å². The van der Waals surface area contributed by atoms with Crippen LogP contribution in [-0.4, -0.2) is 15.8 Å². The van der Waals surface area contributed by atoms with Crippen molar-refractivity contribution in [1.29, 1.82) is 0 Å². The Balaban J connectivity index is 1.79. The molecule has 0 radical (unpaired) electrons. The lowest BCUT2D eigenvalue weighted by atomic mass is 9.78. The summed E-state index contributed by atoms with van der Waals surface area (Å²) >= 11 is 0. The van der Waals surface area contributed by atoms with Gasteiger partial charge in [0.25, 0.3) is 0 Å². The van der Waals surface area contributed by atoms with Crippen LogP contribution in [0.3, 0.4) is 0 Å². The fourth-order valence-electron chi connectivity index (χ4n) is 3.95. The highest BCUT2D eigenvalue weighted by molar-refractivity contribution is 6.00. The maximum atomic E-state index is 12.8. The van der Waals surface area contributed by atoms with Crippen molar-refractivity contribution in [2.45, 2.75) is 32.6 Å². The molecule has 1 unspecified atom stereocenters. The standard InChI is InChI=1S/C22H21N3O/c1-13-6-5-7-15(10-13)17-8-3-4-9-18(17)16-11-19-21(20(26)12-16)14(2)24-22(23)25-19/h3-10,16H,11-12H2,1-2H3,(H2,23,24,25). The molecule has 4 nitrogen and oxygen atoms in total. The third-order valence-electron chi connectivity index (χ3n) is 5.06. The maximum absolute atomic E-state index is 12.8. The molecule has 1 aliphatic carbocycles. The number of Topliss-reactive ketones (excluding diaryl/α,β-unsaturated/α-hetero) is 1. The number of carbonyl (C=O) groups is 1. The number of ketones is 1. The number of carbonyl (C=O) groups excluding carboxylic acids is 1. The van der Waals surface area contributed by atoms with Gasteiger partial charge in [0.15, 0.2) is 5.78 Å². The van der Waals surface area contributed by atoms with Crippen LogP contribution in [0.2, 0.25) is 0 Å². The van der Waals surface area contributed by atoms with E-state index in [1.807, 2.05) is 19.1 Å². The van der Waals surface area contributed by atoms with Crippen LogP contribution in [0.4, 0.5) is 5.95 Å². The number of nitrogens with zero attached hydrogens (tertiary/aromatic N) is 2. The second-order valence-electron chi connectivity index (χ2n) is 6.97. The molecule has 2 aromatic carbocycles.